The fraction of sp³-hybridized carbons (Fsp3) is 0.323. The zero-order valence-electron chi connectivity index (χ0n) is 23.9. The van der Waals surface area contributed by atoms with Gasteiger partial charge in [0, 0.05) is 17.6 Å². The quantitative estimate of drug-likeness (QED) is 0.124. The summed E-state index contributed by atoms with van der Waals surface area (Å²) >= 11 is 0. The van der Waals surface area contributed by atoms with Gasteiger partial charge in [-0.05, 0) is 69.2 Å². The number of alkyl carbamates (subject to hydrolysis) is 1. The van der Waals surface area contributed by atoms with Crippen LogP contribution in [0.3, 0.4) is 0 Å². The molecule has 3 aromatic carbocycles. The lowest BCUT2D eigenvalue weighted by molar-refractivity contribution is -0.383. The molecule has 11 heteroatoms. The van der Waals surface area contributed by atoms with Crippen molar-refractivity contribution in [1.82, 2.24) is 15.1 Å². The zero-order chi connectivity index (χ0) is 30.0. The highest BCUT2D eigenvalue weighted by Gasteiger charge is 2.31. The molecule has 1 fully saturated rings. The average molecular weight is 573 g/mol. The monoisotopic (exact) mass is 572 g/mol. The minimum Gasteiger partial charge on any atom is -0.464 e. The lowest BCUT2D eigenvalue weighted by atomic mass is 9.90. The Morgan fingerprint density at radius 3 is 2.52 bits per heavy atom. The van der Waals surface area contributed by atoms with E-state index in [0.29, 0.717) is 33.8 Å². The number of esters is 1. The summed E-state index contributed by atoms with van der Waals surface area (Å²) in [5.41, 5.74) is -0.0492. The number of ether oxygens (including phenoxy) is 3. The number of benzene rings is 3. The highest BCUT2D eigenvalue weighted by molar-refractivity contribution is 6.11. The lowest BCUT2D eigenvalue weighted by Crippen LogP contribution is -2.35. The summed E-state index contributed by atoms with van der Waals surface area (Å²) in [5.74, 6) is -0.904. The molecule has 1 aliphatic heterocycles. The highest BCUT2D eigenvalue weighted by atomic mass is 16.6. The molecular weight excluding hydrogens is 540 g/mol. The van der Waals surface area contributed by atoms with Crippen LogP contribution in [0, 0.1) is 10.1 Å². The van der Waals surface area contributed by atoms with Gasteiger partial charge >= 0.3 is 12.1 Å². The highest BCUT2D eigenvalue weighted by Crippen LogP contribution is 2.41. The van der Waals surface area contributed by atoms with Gasteiger partial charge in [-0.25, -0.2) is 14.3 Å². The van der Waals surface area contributed by atoms with Crippen molar-refractivity contribution in [3.63, 3.8) is 0 Å². The van der Waals surface area contributed by atoms with E-state index in [1.54, 1.807) is 80.2 Å². The molecule has 11 nitrogen and oxygen atoms in total. The largest absolute Gasteiger partial charge is 0.464 e. The minimum absolute atomic E-state index is 0.0971. The molecule has 0 bridgehead atoms. The van der Waals surface area contributed by atoms with Crippen molar-refractivity contribution in [3.8, 4) is 0 Å². The van der Waals surface area contributed by atoms with Gasteiger partial charge in [-0.3, -0.25) is 15.4 Å². The third-order valence-electron chi connectivity index (χ3n) is 6.96. The molecule has 1 saturated heterocycles. The molecule has 1 aromatic heterocycles. The van der Waals surface area contributed by atoms with Crippen LogP contribution in [0.1, 0.15) is 57.4 Å². The van der Waals surface area contributed by atoms with Gasteiger partial charge in [0.15, 0.2) is 6.23 Å². The normalized spacial score (nSPS) is 16.1. The van der Waals surface area contributed by atoms with E-state index in [1.165, 1.54) is 7.11 Å². The molecule has 1 atom stereocenters. The van der Waals surface area contributed by atoms with E-state index in [4.69, 9.17) is 14.2 Å². The fourth-order valence-electron chi connectivity index (χ4n) is 5.23. The van der Waals surface area contributed by atoms with Gasteiger partial charge in [0.1, 0.15) is 11.3 Å². The van der Waals surface area contributed by atoms with E-state index in [2.05, 4.69) is 10.4 Å². The first-order chi connectivity index (χ1) is 20.1. The van der Waals surface area contributed by atoms with Crippen molar-refractivity contribution in [1.29, 1.82) is 0 Å². The molecule has 42 heavy (non-hydrogen) atoms. The van der Waals surface area contributed by atoms with Crippen LogP contribution < -0.4 is 5.32 Å². The maximum absolute atomic E-state index is 13.4. The van der Waals surface area contributed by atoms with E-state index in [0.717, 1.165) is 19.3 Å². The number of methoxy groups -OCH3 is 1. The van der Waals surface area contributed by atoms with Crippen LogP contribution in [0.2, 0.25) is 0 Å². The molecular formula is C31H32N4O7. The third-order valence-corrected chi connectivity index (χ3v) is 6.96. The summed E-state index contributed by atoms with van der Waals surface area (Å²) in [6, 6.07) is 15.6. The molecule has 5 rings (SSSR count). The van der Waals surface area contributed by atoms with Crippen LogP contribution in [0.15, 0.2) is 66.5 Å². The van der Waals surface area contributed by atoms with E-state index in [1.807, 2.05) is 6.07 Å². The molecule has 1 unspecified atom stereocenters. The van der Waals surface area contributed by atoms with Gasteiger partial charge in [0.25, 0.3) is 5.69 Å². The number of nitro benzene ring substituents is 1. The SMILES string of the molecule is COC(=O)/C(NC(=O)OC(C)(C)C)=C(\c1ccc2ccccc2c1[N+](=O)[O-])c1cccc2c1cnn2C1CCCCO1. The van der Waals surface area contributed by atoms with Crippen LogP contribution in [-0.4, -0.2) is 46.1 Å². The second kappa shape index (κ2) is 11.6. The first kappa shape index (κ1) is 28.7. The Hall–Kier alpha value is -4.77. The number of nitrogens with one attached hydrogen (secondary N) is 1. The maximum Gasteiger partial charge on any atom is 0.412 e. The van der Waals surface area contributed by atoms with Crippen LogP contribution in [0.4, 0.5) is 10.5 Å². The second-order valence-corrected chi connectivity index (χ2v) is 11.0. The molecule has 0 saturated carbocycles. The van der Waals surface area contributed by atoms with Crippen LogP contribution in [0.5, 0.6) is 0 Å². The van der Waals surface area contributed by atoms with Crippen molar-refractivity contribution in [2.45, 2.75) is 51.9 Å². The van der Waals surface area contributed by atoms with Crippen molar-refractivity contribution in [3.05, 3.63) is 87.7 Å². The van der Waals surface area contributed by atoms with E-state index < -0.39 is 22.6 Å². The molecule has 0 radical (unpaired) electrons. The number of hydrogen-bond donors (Lipinski definition) is 1. The summed E-state index contributed by atoms with van der Waals surface area (Å²) in [6.45, 7) is 5.68. The van der Waals surface area contributed by atoms with Crippen molar-refractivity contribution in [2.75, 3.05) is 13.7 Å². The summed E-state index contributed by atoms with van der Waals surface area (Å²) in [7, 11) is 1.17. The summed E-state index contributed by atoms with van der Waals surface area (Å²) in [6.07, 6.45) is 3.20. The second-order valence-electron chi connectivity index (χ2n) is 11.0. The number of nitrogens with zero attached hydrogens (tertiary/aromatic N) is 3. The van der Waals surface area contributed by atoms with Crippen LogP contribution in [-0.2, 0) is 19.0 Å². The number of amides is 1. The first-order valence-electron chi connectivity index (χ1n) is 13.7. The Labute approximate surface area is 242 Å². The van der Waals surface area contributed by atoms with Crippen molar-refractivity contribution in [2.24, 2.45) is 0 Å². The number of rotatable bonds is 6. The number of hydrogen-bond acceptors (Lipinski definition) is 8. The molecule has 1 aliphatic rings. The first-order valence-corrected chi connectivity index (χ1v) is 13.7. The number of aromatic nitrogens is 2. The summed E-state index contributed by atoms with van der Waals surface area (Å²) < 4.78 is 18.3. The van der Waals surface area contributed by atoms with Gasteiger partial charge < -0.3 is 14.2 Å². The standard InChI is InChI=1S/C31H32N4O7/c1-31(2,3)42-30(37)33-27(29(36)40-4)26(22-16-15-19-10-5-6-11-20(19)28(22)35(38)39)21-12-9-13-24-23(21)18-32-34(24)25-14-7-8-17-41-25/h5-6,9-13,15-16,18,25H,7-8,14,17H2,1-4H3,(H,33,37)/b27-26+. The number of carbonyl (C=O) groups is 2. The van der Waals surface area contributed by atoms with Gasteiger partial charge in [-0.1, -0.05) is 36.4 Å². The summed E-state index contributed by atoms with van der Waals surface area (Å²) in [5, 5.41) is 21.4. The molecule has 1 amide bonds. The van der Waals surface area contributed by atoms with Gasteiger partial charge in [-0.2, -0.15) is 5.10 Å². The van der Waals surface area contributed by atoms with Gasteiger partial charge in [0.2, 0.25) is 0 Å². The predicted octanol–water partition coefficient (Wildman–Crippen LogP) is 6.25. The van der Waals surface area contributed by atoms with E-state index >= 15 is 0 Å². The minimum atomic E-state index is -0.915. The Kier molecular flexibility index (Phi) is 7.95. The van der Waals surface area contributed by atoms with Crippen LogP contribution >= 0.6 is 0 Å². The number of carbonyl (C=O) groups excluding carboxylic acids is 2. The molecule has 4 aromatic rings. The topological polar surface area (TPSA) is 135 Å². The predicted molar refractivity (Wildman–Crippen MR) is 157 cm³/mol. The Balaban J connectivity index is 1.83. The maximum atomic E-state index is 13.4. The number of fused-ring (bicyclic) bond motifs is 2. The van der Waals surface area contributed by atoms with E-state index in [-0.39, 0.29) is 28.7 Å². The van der Waals surface area contributed by atoms with Gasteiger partial charge in [-0.15, -0.1) is 0 Å². The number of nitro groups is 1. The Bertz CT molecular complexity index is 1710. The average Bonchev–Trinajstić information content (AvgIpc) is 3.40. The van der Waals surface area contributed by atoms with E-state index in [9.17, 15) is 19.7 Å². The Morgan fingerprint density at radius 1 is 1.05 bits per heavy atom. The third kappa shape index (κ3) is 5.68. The zero-order valence-corrected chi connectivity index (χ0v) is 23.9. The molecule has 0 spiro atoms. The molecule has 1 N–H and O–H groups in total. The van der Waals surface area contributed by atoms with Crippen molar-refractivity contribution < 1.29 is 28.7 Å². The fourth-order valence-corrected chi connectivity index (χ4v) is 5.23. The van der Waals surface area contributed by atoms with Crippen LogP contribution in [0.25, 0.3) is 27.2 Å². The summed E-state index contributed by atoms with van der Waals surface area (Å²) in [4.78, 5) is 38.5. The Morgan fingerprint density at radius 2 is 1.83 bits per heavy atom. The molecule has 2 heterocycles. The molecule has 0 aliphatic carbocycles. The smallest absolute Gasteiger partial charge is 0.412 e. The lowest BCUT2D eigenvalue weighted by Gasteiger charge is -2.23. The molecule has 218 valence electrons. The van der Waals surface area contributed by atoms with Gasteiger partial charge in [0.05, 0.1) is 34.7 Å². The van der Waals surface area contributed by atoms with Crippen molar-refractivity contribution >= 4 is 45.0 Å².